The summed E-state index contributed by atoms with van der Waals surface area (Å²) in [6.45, 7) is -0.441. The third-order valence-electron chi connectivity index (χ3n) is 1.96. The number of halogens is 2. The van der Waals surface area contributed by atoms with Crippen LogP contribution in [0.2, 0.25) is 0 Å². The Morgan fingerprint density at radius 2 is 2.05 bits per heavy atom. The van der Waals surface area contributed by atoms with Crippen LogP contribution in [0.3, 0.4) is 0 Å². The fourth-order valence-electron chi connectivity index (χ4n) is 1.16. The minimum absolute atomic E-state index is 0.00858. The first-order valence-electron chi connectivity index (χ1n) is 5.29. The smallest absolute Gasteiger partial charge is 0.329 e. The van der Waals surface area contributed by atoms with Crippen LogP contribution in [0.1, 0.15) is 0 Å². The van der Waals surface area contributed by atoms with Gasteiger partial charge in [0.15, 0.2) is 11.6 Å². The van der Waals surface area contributed by atoms with E-state index in [9.17, 15) is 18.4 Å². The Labute approximate surface area is 107 Å². The van der Waals surface area contributed by atoms with Crippen LogP contribution in [0.4, 0.5) is 19.3 Å². The van der Waals surface area contributed by atoms with Crippen molar-refractivity contribution in [2.75, 3.05) is 25.1 Å². The van der Waals surface area contributed by atoms with E-state index in [1.807, 2.05) is 0 Å². The summed E-state index contributed by atoms with van der Waals surface area (Å²) in [5, 5.41) is 12.7. The fourth-order valence-corrected chi connectivity index (χ4v) is 1.16. The maximum Gasteiger partial charge on any atom is 0.329 e. The average Bonchev–Trinajstić information content (AvgIpc) is 2.34. The lowest BCUT2D eigenvalue weighted by Crippen LogP contribution is -2.32. The molecule has 0 fully saturated rings. The predicted octanol–water partition coefficient (Wildman–Crippen LogP) is 1.19. The van der Waals surface area contributed by atoms with Crippen LogP contribution in [0.25, 0.3) is 0 Å². The first-order chi connectivity index (χ1) is 9.00. The molecule has 0 heterocycles. The summed E-state index contributed by atoms with van der Waals surface area (Å²) in [6.07, 6.45) is 0. The van der Waals surface area contributed by atoms with Gasteiger partial charge in [0.2, 0.25) is 0 Å². The van der Waals surface area contributed by atoms with Crippen molar-refractivity contribution >= 4 is 17.7 Å². The second-order valence-corrected chi connectivity index (χ2v) is 3.43. The highest BCUT2D eigenvalue weighted by molar-refractivity contribution is 5.89. The number of hydrogen-bond donors (Lipinski definition) is 3. The standard InChI is InChI=1S/C11H12F2N2O4/c12-7-2-1-3-8(10(7)13)15-11(18)14-4-5-19-6-9(16)17/h1-3H,4-6H2,(H,16,17)(H2,14,15,18). The molecule has 2 amide bonds. The Morgan fingerprint density at radius 1 is 1.32 bits per heavy atom. The molecule has 0 saturated carbocycles. The SMILES string of the molecule is O=C(O)COCCNC(=O)Nc1cccc(F)c1F. The summed E-state index contributed by atoms with van der Waals surface area (Å²) in [5.74, 6) is -3.34. The minimum atomic E-state index is -1.15. The molecule has 0 aliphatic carbocycles. The second kappa shape index (κ2) is 7.27. The van der Waals surface area contributed by atoms with E-state index in [2.05, 4.69) is 15.4 Å². The molecule has 6 nitrogen and oxygen atoms in total. The molecule has 0 atom stereocenters. The summed E-state index contributed by atoms with van der Waals surface area (Å²) in [6, 6.07) is 2.64. The van der Waals surface area contributed by atoms with E-state index < -0.39 is 30.2 Å². The van der Waals surface area contributed by atoms with Crippen LogP contribution in [0, 0.1) is 11.6 Å². The Morgan fingerprint density at radius 3 is 2.74 bits per heavy atom. The third kappa shape index (κ3) is 5.30. The number of nitrogens with one attached hydrogen (secondary N) is 2. The molecule has 0 aliphatic rings. The number of carboxylic acid groups (broad SMARTS) is 1. The molecular weight excluding hydrogens is 262 g/mol. The second-order valence-electron chi connectivity index (χ2n) is 3.43. The number of aliphatic carboxylic acids is 1. The lowest BCUT2D eigenvalue weighted by Gasteiger charge is -2.08. The van der Waals surface area contributed by atoms with Crippen LogP contribution in [0.5, 0.6) is 0 Å². The molecular formula is C11H12F2N2O4. The molecule has 0 unspecified atom stereocenters. The third-order valence-corrected chi connectivity index (χ3v) is 1.96. The Bertz CT molecular complexity index is 468. The van der Waals surface area contributed by atoms with Crippen molar-refractivity contribution in [1.29, 1.82) is 0 Å². The molecule has 0 aliphatic heterocycles. The van der Waals surface area contributed by atoms with Gasteiger partial charge in [0.05, 0.1) is 12.3 Å². The molecule has 0 saturated heterocycles. The van der Waals surface area contributed by atoms with Crippen molar-refractivity contribution in [3.05, 3.63) is 29.8 Å². The van der Waals surface area contributed by atoms with Crippen molar-refractivity contribution in [3.8, 4) is 0 Å². The van der Waals surface area contributed by atoms with Gasteiger partial charge in [0.1, 0.15) is 6.61 Å². The number of urea groups is 1. The zero-order chi connectivity index (χ0) is 14.3. The van der Waals surface area contributed by atoms with E-state index in [1.165, 1.54) is 12.1 Å². The molecule has 8 heteroatoms. The van der Waals surface area contributed by atoms with Crippen LogP contribution in [0.15, 0.2) is 18.2 Å². The number of anilines is 1. The first-order valence-corrected chi connectivity index (χ1v) is 5.29. The van der Waals surface area contributed by atoms with E-state index in [1.54, 1.807) is 0 Å². The van der Waals surface area contributed by atoms with E-state index in [0.717, 1.165) is 6.07 Å². The van der Waals surface area contributed by atoms with Gasteiger partial charge >= 0.3 is 12.0 Å². The predicted molar refractivity (Wildman–Crippen MR) is 61.8 cm³/mol. The van der Waals surface area contributed by atoms with Crippen LogP contribution in [-0.4, -0.2) is 36.9 Å². The van der Waals surface area contributed by atoms with Crippen molar-refractivity contribution in [3.63, 3.8) is 0 Å². The number of carbonyl (C=O) groups is 2. The molecule has 1 rings (SSSR count). The largest absolute Gasteiger partial charge is 0.480 e. The highest BCUT2D eigenvalue weighted by atomic mass is 19.2. The van der Waals surface area contributed by atoms with Crippen molar-refractivity contribution in [1.82, 2.24) is 5.32 Å². The van der Waals surface area contributed by atoms with Gasteiger partial charge in [0.25, 0.3) is 0 Å². The van der Waals surface area contributed by atoms with Gasteiger partial charge in [-0.05, 0) is 12.1 Å². The van der Waals surface area contributed by atoms with Crippen LogP contribution >= 0.6 is 0 Å². The van der Waals surface area contributed by atoms with E-state index in [-0.39, 0.29) is 18.8 Å². The van der Waals surface area contributed by atoms with Gasteiger partial charge in [-0.15, -0.1) is 0 Å². The van der Waals surface area contributed by atoms with Gasteiger partial charge in [0, 0.05) is 6.54 Å². The molecule has 0 radical (unpaired) electrons. The Hall–Kier alpha value is -2.22. The van der Waals surface area contributed by atoms with Crippen molar-refractivity contribution < 1.29 is 28.2 Å². The number of ether oxygens (including phenoxy) is 1. The zero-order valence-corrected chi connectivity index (χ0v) is 9.78. The minimum Gasteiger partial charge on any atom is -0.480 e. The molecule has 19 heavy (non-hydrogen) atoms. The lowest BCUT2D eigenvalue weighted by molar-refractivity contribution is -0.142. The normalized spacial score (nSPS) is 10.0. The molecule has 1 aromatic rings. The van der Waals surface area contributed by atoms with Gasteiger partial charge in [-0.3, -0.25) is 0 Å². The number of carboxylic acids is 1. The van der Waals surface area contributed by atoms with Gasteiger partial charge in [-0.2, -0.15) is 0 Å². The van der Waals surface area contributed by atoms with Crippen molar-refractivity contribution in [2.24, 2.45) is 0 Å². The van der Waals surface area contributed by atoms with Crippen molar-refractivity contribution in [2.45, 2.75) is 0 Å². The van der Waals surface area contributed by atoms with Gasteiger partial charge in [-0.25, -0.2) is 18.4 Å². The van der Waals surface area contributed by atoms with Gasteiger partial charge < -0.3 is 20.5 Å². The number of benzene rings is 1. The topological polar surface area (TPSA) is 87.7 Å². The fraction of sp³-hybridized carbons (Fsp3) is 0.273. The number of rotatable bonds is 6. The highest BCUT2D eigenvalue weighted by Crippen LogP contribution is 2.15. The highest BCUT2D eigenvalue weighted by Gasteiger charge is 2.09. The molecule has 0 bridgehead atoms. The first kappa shape index (κ1) is 14.8. The maximum absolute atomic E-state index is 13.2. The van der Waals surface area contributed by atoms with Crippen LogP contribution in [-0.2, 0) is 9.53 Å². The van der Waals surface area contributed by atoms with E-state index in [0.29, 0.717) is 0 Å². The molecule has 0 aromatic heterocycles. The Balaban J connectivity index is 2.31. The number of carbonyl (C=O) groups excluding carboxylic acids is 1. The summed E-state index contributed by atoms with van der Waals surface area (Å²) >= 11 is 0. The average molecular weight is 274 g/mol. The summed E-state index contributed by atoms with van der Waals surface area (Å²) in [5.41, 5.74) is -0.288. The molecule has 3 N–H and O–H groups in total. The van der Waals surface area contributed by atoms with E-state index in [4.69, 9.17) is 5.11 Å². The molecule has 104 valence electrons. The van der Waals surface area contributed by atoms with Gasteiger partial charge in [-0.1, -0.05) is 6.07 Å². The summed E-state index contributed by atoms with van der Waals surface area (Å²) in [7, 11) is 0. The summed E-state index contributed by atoms with van der Waals surface area (Å²) < 4.78 is 30.7. The van der Waals surface area contributed by atoms with Crippen LogP contribution < -0.4 is 10.6 Å². The monoisotopic (exact) mass is 274 g/mol. The summed E-state index contributed by atoms with van der Waals surface area (Å²) in [4.78, 5) is 21.4. The molecule has 1 aromatic carbocycles. The number of hydrogen-bond acceptors (Lipinski definition) is 3. The Kier molecular flexibility index (Phi) is 5.68. The number of amides is 2. The van der Waals surface area contributed by atoms with E-state index >= 15 is 0 Å². The molecule has 0 spiro atoms. The lowest BCUT2D eigenvalue weighted by atomic mass is 10.3. The zero-order valence-electron chi connectivity index (χ0n) is 9.78. The maximum atomic E-state index is 13.2. The quantitative estimate of drug-likeness (QED) is 0.680.